The first-order chi connectivity index (χ1) is 14.2. The minimum atomic E-state index is -3.85. The van der Waals surface area contributed by atoms with Crippen molar-refractivity contribution in [3.8, 4) is 0 Å². The fraction of sp³-hybridized carbons (Fsp3) is 0.0500. The van der Waals surface area contributed by atoms with E-state index in [1.54, 1.807) is 28.8 Å². The van der Waals surface area contributed by atoms with Crippen molar-refractivity contribution in [1.82, 2.24) is 4.57 Å². The van der Waals surface area contributed by atoms with Crippen LogP contribution in [0.2, 0.25) is 10.0 Å². The molecule has 0 amide bonds. The van der Waals surface area contributed by atoms with Crippen LogP contribution in [0.25, 0.3) is 10.2 Å². The summed E-state index contributed by atoms with van der Waals surface area (Å²) in [6.45, 7) is 0.306. The predicted molar refractivity (Wildman–Crippen MR) is 127 cm³/mol. The summed E-state index contributed by atoms with van der Waals surface area (Å²) in [5, 5.41) is 0.959. The fourth-order valence-corrected chi connectivity index (χ4v) is 5.64. The average Bonchev–Trinajstić information content (AvgIpc) is 3.01. The van der Waals surface area contributed by atoms with Crippen molar-refractivity contribution in [2.45, 2.75) is 11.4 Å². The summed E-state index contributed by atoms with van der Waals surface area (Å²) in [6, 6.07) is 16.7. The standard InChI is InChI=1S/C20H13BrCl2N2O3S2/c21-15-7-5-13(9-17(15)23)24-30(27,28)14-6-8-18-19(10-14)29-20(26)25(18)11-12-3-1-2-4-16(12)22/h1-10,24H,11H2. The van der Waals surface area contributed by atoms with Gasteiger partial charge in [-0.05, 0) is 64.0 Å². The van der Waals surface area contributed by atoms with Gasteiger partial charge in [0, 0.05) is 9.50 Å². The van der Waals surface area contributed by atoms with E-state index in [-0.39, 0.29) is 9.77 Å². The van der Waals surface area contributed by atoms with E-state index in [9.17, 15) is 13.2 Å². The molecular formula is C20H13BrCl2N2O3S2. The van der Waals surface area contributed by atoms with Crippen LogP contribution in [0.15, 0.2) is 74.8 Å². The molecule has 1 heterocycles. The van der Waals surface area contributed by atoms with Gasteiger partial charge in [0.1, 0.15) is 0 Å². The SMILES string of the molecule is O=c1sc2cc(S(=O)(=O)Nc3ccc(Br)c(Cl)c3)ccc2n1Cc1ccccc1Cl. The van der Waals surface area contributed by atoms with Crippen LogP contribution in [0, 0.1) is 0 Å². The van der Waals surface area contributed by atoms with Gasteiger partial charge in [-0.2, -0.15) is 0 Å². The quantitative estimate of drug-likeness (QED) is 0.336. The Hall–Kier alpha value is -1.84. The van der Waals surface area contributed by atoms with E-state index in [0.29, 0.717) is 37.0 Å². The Morgan fingerprint density at radius 3 is 2.50 bits per heavy atom. The first-order valence-electron chi connectivity index (χ1n) is 8.59. The molecule has 4 aromatic rings. The number of halogens is 3. The third kappa shape index (κ3) is 4.29. The Bertz CT molecular complexity index is 1430. The Balaban J connectivity index is 1.69. The van der Waals surface area contributed by atoms with Crippen LogP contribution in [0.4, 0.5) is 5.69 Å². The molecule has 0 atom stereocenters. The molecule has 1 aromatic heterocycles. The number of fused-ring (bicyclic) bond motifs is 1. The summed E-state index contributed by atoms with van der Waals surface area (Å²) in [7, 11) is -3.85. The van der Waals surface area contributed by atoms with Gasteiger partial charge in [-0.3, -0.25) is 14.1 Å². The number of benzene rings is 3. The van der Waals surface area contributed by atoms with Crippen molar-refractivity contribution in [3.05, 3.63) is 90.4 Å². The Morgan fingerprint density at radius 2 is 1.77 bits per heavy atom. The predicted octanol–water partition coefficient (Wildman–Crippen LogP) is 5.98. The van der Waals surface area contributed by atoms with Crippen LogP contribution in [-0.4, -0.2) is 13.0 Å². The highest BCUT2D eigenvalue weighted by atomic mass is 79.9. The number of hydrogen-bond acceptors (Lipinski definition) is 4. The molecule has 4 rings (SSSR count). The lowest BCUT2D eigenvalue weighted by molar-refractivity contribution is 0.601. The molecule has 0 aliphatic heterocycles. The molecule has 154 valence electrons. The maximum absolute atomic E-state index is 12.8. The van der Waals surface area contributed by atoms with Crippen molar-refractivity contribution in [2.75, 3.05) is 4.72 Å². The summed E-state index contributed by atoms with van der Waals surface area (Å²) >= 11 is 16.5. The third-order valence-electron chi connectivity index (χ3n) is 4.41. The molecule has 3 aromatic carbocycles. The van der Waals surface area contributed by atoms with Gasteiger partial charge in [-0.1, -0.05) is 52.7 Å². The van der Waals surface area contributed by atoms with E-state index in [4.69, 9.17) is 23.2 Å². The van der Waals surface area contributed by atoms with Gasteiger partial charge in [0.25, 0.3) is 10.0 Å². The molecule has 0 saturated carbocycles. The lowest BCUT2D eigenvalue weighted by Gasteiger charge is -2.10. The van der Waals surface area contributed by atoms with Gasteiger partial charge in [0.2, 0.25) is 0 Å². The van der Waals surface area contributed by atoms with Gasteiger partial charge < -0.3 is 0 Å². The van der Waals surface area contributed by atoms with E-state index >= 15 is 0 Å². The molecule has 0 radical (unpaired) electrons. The highest BCUT2D eigenvalue weighted by Crippen LogP contribution is 2.28. The molecule has 0 aliphatic rings. The molecule has 0 bridgehead atoms. The van der Waals surface area contributed by atoms with Crippen molar-refractivity contribution in [1.29, 1.82) is 0 Å². The van der Waals surface area contributed by atoms with Crippen molar-refractivity contribution >= 4 is 76.4 Å². The van der Waals surface area contributed by atoms with Gasteiger partial charge in [-0.25, -0.2) is 8.42 Å². The van der Waals surface area contributed by atoms with Crippen molar-refractivity contribution < 1.29 is 8.42 Å². The maximum Gasteiger partial charge on any atom is 0.308 e. The van der Waals surface area contributed by atoms with Gasteiger partial charge in [0.05, 0.1) is 32.4 Å². The normalized spacial score (nSPS) is 11.7. The monoisotopic (exact) mass is 542 g/mol. The van der Waals surface area contributed by atoms with Crippen LogP contribution in [0.1, 0.15) is 5.56 Å². The molecule has 30 heavy (non-hydrogen) atoms. The van der Waals surface area contributed by atoms with Crippen LogP contribution < -0.4 is 9.60 Å². The summed E-state index contributed by atoms with van der Waals surface area (Å²) in [5.41, 5.74) is 1.80. The van der Waals surface area contributed by atoms with Gasteiger partial charge in [-0.15, -0.1) is 0 Å². The molecule has 0 fully saturated rings. The number of nitrogens with zero attached hydrogens (tertiary/aromatic N) is 1. The zero-order chi connectivity index (χ0) is 21.5. The number of aromatic nitrogens is 1. The molecule has 1 N–H and O–H groups in total. The minimum Gasteiger partial charge on any atom is -0.294 e. The largest absolute Gasteiger partial charge is 0.308 e. The molecule has 0 unspecified atom stereocenters. The highest BCUT2D eigenvalue weighted by Gasteiger charge is 2.18. The summed E-state index contributed by atoms with van der Waals surface area (Å²) in [5.74, 6) is 0. The van der Waals surface area contributed by atoms with E-state index in [2.05, 4.69) is 20.7 Å². The van der Waals surface area contributed by atoms with Crippen molar-refractivity contribution in [2.24, 2.45) is 0 Å². The second-order valence-electron chi connectivity index (χ2n) is 6.41. The summed E-state index contributed by atoms with van der Waals surface area (Å²) < 4.78 is 30.9. The molecule has 0 aliphatic carbocycles. The van der Waals surface area contributed by atoms with Crippen LogP contribution in [-0.2, 0) is 16.6 Å². The van der Waals surface area contributed by atoms with Gasteiger partial charge >= 0.3 is 4.87 Å². The van der Waals surface area contributed by atoms with E-state index in [1.165, 1.54) is 18.2 Å². The first-order valence-corrected chi connectivity index (χ1v) is 12.4. The van der Waals surface area contributed by atoms with Crippen LogP contribution >= 0.6 is 50.5 Å². The lowest BCUT2D eigenvalue weighted by Crippen LogP contribution is -2.14. The molecule has 0 saturated heterocycles. The Morgan fingerprint density at radius 1 is 1.00 bits per heavy atom. The summed E-state index contributed by atoms with van der Waals surface area (Å²) in [6.07, 6.45) is 0. The Kier molecular flexibility index (Phi) is 5.96. The second-order valence-corrected chi connectivity index (χ2v) is 10.8. The zero-order valence-electron chi connectivity index (χ0n) is 15.1. The smallest absolute Gasteiger partial charge is 0.294 e. The number of thiazole rings is 1. The zero-order valence-corrected chi connectivity index (χ0v) is 19.8. The number of anilines is 1. The van der Waals surface area contributed by atoms with E-state index in [1.807, 2.05) is 18.2 Å². The third-order valence-corrected chi connectivity index (χ3v) is 8.33. The summed E-state index contributed by atoms with van der Waals surface area (Å²) in [4.78, 5) is 12.4. The number of rotatable bonds is 5. The molecule has 0 spiro atoms. The molecular weight excluding hydrogens is 531 g/mol. The number of sulfonamides is 1. The van der Waals surface area contributed by atoms with Crippen LogP contribution in [0.5, 0.6) is 0 Å². The van der Waals surface area contributed by atoms with E-state index < -0.39 is 10.0 Å². The lowest BCUT2D eigenvalue weighted by atomic mass is 10.2. The second kappa shape index (κ2) is 8.36. The molecule has 10 heteroatoms. The minimum absolute atomic E-state index is 0.0557. The van der Waals surface area contributed by atoms with Gasteiger partial charge in [0.15, 0.2) is 0 Å². The van der Waals surface area contributed by atoms with Crippen LogP contribution in [0.3, 0.4) is 0 Å². The highest BCUT2D eigenvalue weighted by molar-refractivity contribution is 9.10. The topological polar surface area (TPSA) is 68.2 Å². The van der Waals surface area contributed by atoms with Crippen molar-refractivity contribution in [3.63, 3.8) is 0 Å². The first kappa shape index (κ1) is 21.4. The Labute approximate surface area is 195 Å². The van der Waals surface area contributed by atoms with E-state index in [0.717, 1.165) is 16.9 Å². The number of nitrogens with one attached hydrogen (secondary N) is 1. The fourth-order valence-electron chi connectivity index (χ4n) is 2.93. The number of hydrogen-bond donors (Lipinski definition) is 1. The molecule has 5 nitrogen and oxygen atoms in total. The average molecular weight is 544 g/mol. The maximum atomic E-state index is 12.8.